The molecule has 198 valence electrons. The molecule has 37 heavy (non-hydrogen) atoms. The molecule has 6 atom stereocenters. The van der Waals surface area contributed by atoms with Gasteiger partial charge in [-0.2, -0.15) is 0 Å². The number of ether oxygens (including phenoxy) is 1. The number of carbonyl (C=O) groups excluding carboxylic acids is 2. The molecule has 1 heterocycles. The van der Waals surface area contributed by atoms with Crippen LogP contribution in [0.3, 0.4) is 0 Å². The lowest BCUT2D eigenvalue weighted by molar-refractivity contribution is -0.130. The molecular weight excluding hydrogens is 468 g/mol. The molecule has 0 aromatic heterocycles. The van der Waals surface area contributed by atoms with Crippen LogP contribution in [0.1, 0.15) is 62.0 Å². The summed E-state index contributed by atoms with van der Waals surface area (Å²) in [6.45, 7) is 6.06. The number of allylic oxidation sites excluding steroid dienone is 3. The molecule has 0 saturated heterocycles. The van der Waals surface area contributed by atoms with E-state index in [2.05, 4.69) is 22.5 Å². The van der Waals surface area contributed by atoms with Crippen LogP contribution in [0.4, 0.5) is 0 Å². The molecule has 4 N–H and O–H groups in total. The Morgan fingerprint density at radius 2 is 2.11 bits per heavy atom. The standard InChI is InChI=1S/C29H38N4O4/c1-5-28(2)18-24(34)33(27(30)32-28)23(14-9-15-37-4)19-11-8-12-20(16-19)26(35)31-25-22-13-7-6-10-21(22)17-29(25,3)36/h6-14,16,21-23,25,36H,5,15,17-18H2,1-4H3,(H2,30,32)(H,31,35)/b14-9+/t21?,22?,23?,25-,28?,29?/m1/s1. The summed E-state index contributed by atoms with van der Waals surface area (Å²) in [5.41, 5.74) is 5.95. The SMILES string of the molecule is CCC1(C)CC(=O)N(C(/C=C/COC)c2cccc(C(=O)N[C@@H]3C4C=CC=CC4CC3(C)O)c2)C(N)=N1. The number of aliphatic hydroxyl groups is 1. The number of nitrogens with zero attached hydrogens (tertiary/aromatic N) is 2. The van der Waals surface area contributed by atoms with Crippen LogP contribution in [-0.2, 0) is 9.53 Å². The van der Waals surface area contributed by atoms with Crippen LogP contribution < -0.4 is 11.1 Å². The maximum absolute atomic E-state index is 13.4. The van der Waals surface area contributed by atoms with Crippen LogP contribution in [-0.4, -0.2) is 58.7 Å². The van der Waals surface area contributed by atoms with E-state index in [0.29, 0.717) is 25.0 Å². The predicted octanol–water partition coefficient (Wildman–Crippen LogP) is 3.26. The summed E-state index contributed by atoms with van der Waals surface area (Å²) < 4.78 is 5.17. The number of nitrogens with two attached hydrogens (primary N) is 1. The Morgan fingerprint density at radius 3 is 2.81 bits per heavy atom. The third-order valence-corrected chi connectivity index (χ3v) is 7.83. The summed E-state index contributed by atoms with van der Waals surface area (Å²) in [6.07, 6.45) is 13.3. The summed E-state index contributed by atoms with van der Waals surface area (Å²) in [5.74, 6) is -0.0167. The topological polar surface area (TPSA) is 117 Å². The van der Waals surface area contributed by atoms with Crippen molar-refractivity contribution in [2.45, 2.75) is 63.3 Å². The first-order valence-corrected chi connectivity index (χ1v) is 12.9. The molecule has 0 radical (unpaired) electrons. The van der Waals surface area contributed by atoms with Crippen molar-refractivity contribution < 1.29 is 19.4 Å². The minimum absolute atomic E-state index is 0.0340. The average molecular weight is 507 g/mol. The molecule has 2 amide bonds. The number of amides is 2. The van der Waals surface area contributed by atoms with E-state index < -0.39 is 23.2 Å². The Kier molecular flexibility index (Phi) is 7.71. The normalized spacial score (nSPS) is 31.9. The quantitative estimate of drug-likeness (QED) is 0.468. The fraction of sp³-hybridized carbons (Fsp3) is 0.483. The van der Waals surface area contributed by atoms with Gasteiger partial charge < -0.3 is 20.9 Å². The first kappa shape index (κ1) is 26.8. The second-order valence-corrected chi connectivity index (χ2v) is 10.7. The molecule has 1 aromatic carbocycles. The second kappa shape index (κ2) is 10.6. The Labute approximate surface area is 219 Å². The first-order valence-electron chi connectivity index (χ1n) is 12.9. The summed E-state index contributed by atoms with van der Waals surface area (Å²) >= 11 is 0. The number of fused-ring (bicyclic) bond motifs is 1. The van der Waals surface area contributed by atoms with E-state index in [0.717, 1.165) is 5.56 Å². The zero-order valence-electron chi connectivity index (χ0n) is 22.1. The number of benzene rings is 1. The largest absolute Gasteiger partial charge is 0.388 e. The number of hydrogen-bond donors (Lipinski definition) is 3. The molecule has 1 saturated carbocycles. The lowest BCUT2D eigenvalue weighted by Crippen LogP contribution is -2.51. The highest BCUT2D eigenvalue weighted by Gasteiger charge is 2.49. The highest BCUT2D eigenvalue weighted by Crippen LogP contribution is 2.42. The number of aliphatic imine (C=N–C) groups is 1. The van der Waals surface area contributed by atoms with Gasteiger partial charge in [-0.25, -0.2) is 4.99 Å². The highest BCUT2D eigenvalue weighted by atomic mass is 16.5. The number of nitrogens with one attached hydrogen (secondary N) is 1. The van der Waals surface area contributed by atoms with E-state index in [1.807, 2.05) is 44.2 Å². The van der Waals surface area contributed by atoms with Crippen molar-refractivity contribution in [2.75, 3.05) is 13.7 Å². The number of guanidine groups is 1. The number of methoxy groups -OCH3 is 1. The monoisotopic (exact) mass is 506 g/mol. The smallest absolute Gasteiger partial charge is 0.251 e. The molecule has 5 unspecified atom stereocenters. The van der Waals surface area contributed by atoms with Gasteiger partial charge in [-0.15, -0.1) is 0 Å². The van der Waals surface area contributed by atoms with Crippen molar-refractivity contribution >= 4 is 17.8 Å². The van der Waals surface area contributed by atoms with E-state index in [1.54, 1.807) is 32.2 Å². The van der Waals surface area contributed by atoms with E-state index in [9.17, 15) is 14.7 Å². The molecular formula is C29H38N4O4. The van der Waals surface area contributed by atoms with Gasteiger partial charge in [0.05, 0.1) is 36.3 Å². The summed E-state index contributed by atoms with van der Waals surface area (Å²) in [4.78, 5) is 32.8. The third-order valence-electron chi connectivity index (χ3n) is 7.83. The number of carbonyl (C=O) groups is 2. The van der Waals surface area contributed by atoms with Crippen LogP contribution in [0.2, 0.25) is 0 Å². The average Bonchev–Trinajstić information content (AvgIpc) is 3.12. The lowest BCUT2D eigenvalue weighted by Gasteiger charge is -2.38. The zero-order chi connectivity index (χ0) is 26.8. The van der Waals surface area contributed by atoms with E-state index in [-0.39, 0.29) is 36.0 Å². The van der Waals surface area contributed by atoms with Gasteiger partial charge in [-0.1, -0.05) is 55.5 Å². The first-order chi connectivity index (χ1) is 17.6. The van der Waals surface area contributed by atoms with Crippen molar-refractivity contribution in [1.82, 2.24) is 10.2 Å². The predicted molar refractivity (Wildman–Crippen MR) is 144 cm³/mol. The van der Waals surface area contributed by atoms with Crippen molar-refractivity contribution in [1.29, 1.82) is 0 Å². The number of rotatable bonds is 8. The minimum atomic E-state index is -1.02. The minimum Gasteiger partial charge on any atom is -0.388 e. The molecule has 0 bridgehead atoms. The van der Waals surface area contributed by atoms with Crippen LogP contribution in [0.15, 0.2) is 65.7 Å². The van der Waals surface area contributed by atoms with Gasteiger partial charge in [0.25, 0.3) is 5.91 Å². The molecule has 1 aromatic rings. The van der Waals surface area contributed by atoms with E-state index >= 15 is 0 Å². The Hall–Kier alpha value is -3.23. The van der Waals surface area contributed by atoms with Gasteiger partial charge in [0.2, 0.25) is 5.91 Å². The maximum Gasteiger partial charge on any atom is 0.251 e. The van der Waals surface area contributed by atoms with Crippen LogP contribution in [0.5, 0.6) is 0 Å². The summed E-state index contributed by atoms with van der Waals surface area (Å²) in [5, 5.41) is 14.1. The molecule has 2 aliphatic carbocycles. The van der Waals surface area contributed by atoms with E-state index in [4.69, 9.17) is 10.5 Å². The van der Waals surface area contributed by atoms with Crippen LogP contribution >= 0.6 is 0 Å². The lowest BCUT2D eigenvalue weighted by atomic mass is 9.89. The molecule has 8 heteroatoms. The molecule has 0 spiro atoms. The van der Waals surface area contributed by atoms with Gasteiger partial charge in [-0.3, -0.25) is 14.5 Å². The summed E-state index contributed by atoms with van der Waals surface area (Å²) in [6, 6.07) is 6.19. The van der Waals surface area contributed by atoms with Crippen molar-refractivity contribution in [2.24, 2.45) is 22.6 Å². The molecule has 3 aliphatic rings. The fourth-order valence-corrected chi connectivity index (χ4v) is 5.63. The molecule has 1 fully saturated rings. The van der Waals surface area contributed by atoms with Crippen molar-refractivity contribution in [3.05, 3.63) is 71.8 Å². The molecule has 4 rings (SSSR count). The van der Waals surface area contributed by atoms with Crippen molar-refractivity contribution in [3.63, 3.8) is 0 Å². The van der Waals surface area contributed by atoms with Crippen molar-refractivity contribution in [3.8, 4) is 0 Å². The van der Waals surface area contributed by atoms with Crippen LogP contribution in [0.25, 0.3) is 0 Å². The Balaban J connectivity index is 1.62. The van der Waals surface area contributed by atoms with E-state index in [1.165, 1.54) is 4.90 Å². The Morgan fingerprint density at radius 1 is 1.35 bits per heavy atom. The maximum atomic E-state index is 13.4. The van der Waals surface area contributed by atoms with Crippen LogP contribution in [0, 0.1) is 11.8 Å². The second-order valence-electron chi connectivity index (χ2n) is 10.7. The third kappa shape index (κ3) is 5.55. The van der Waals surface area contributed by atoms with Gasteiger partial charge in [0.1, 0.15) is 0 Å². The zero-order valence-corrected chi connectivity index (χ0v) is 22.1. The summed E-state index contributed by atoms with van der Waals surface area (Å²) in [7, 11) is 1.60. The van der Waals surface area contributed by atoms with Gasteiger partial charge in [-0.05, 0) is 50.3 Å². The fourth-order valence-electron chi connectivity index (χ4n) is 5.63. The van der Waals surface area contributed by atoms with Gasteiger partial charge >= 0.3 is 0 Å². The Bertz CT molecular complexity index is 1150. The molecule has 1 aliphatic heterocycles. The van der Waals surface area contributed by atoms with Gasteiger partial charge in [0.15, 0.2) is 5.96 Å². The molecule has 8 nitrogen and oxygen atoms in total. The highest BCUT2D eigenvalue weighted by molar-refractivity contribution is 6.00. The van der Waals surface area contributed by atoms with Gasteiger partial charge in [0, 0.05) is 18.6 Å². The number of hydrogen-bond acceptors (Lipinski definition) is 6.